The van der Waals surface area contributed by atoms with Crippen LogP contribution < -0.4 is 16.2 Å². The second-order valence-corrected chi connectivity index (χ2v) is 9.95. The van der Waals surface area contributed by atoms with Crippen LogP contribution in [0.15, 0.2) is 41.3 Å². The highest BCUT2D eigenvalue weighted by molar-refractivity contribution is 5.96. The standard InChI is InChI=1S/C27H35N7O5/c1-16(2)13-20-24-21(14-17(3)28-20)29-22(32-24)15-34-12-8-10-19(26(34)37)30-25(36)18(31-27(38)39)9-6-7-11-23(35)33(4)5/h7-8,10-12,14,16,18,31H,6,9,13,15H2,1-5H3,(H,29,32)(H,30,36)(H,38,39)/b11-7+/t18-/m0/s1. The lowest BCUT2D eigenvalue weighted by molar-refractivity contribution is -0.123. The van der Waals surface area contributed by atoms with E-state index in [4.69, 9.17) is 0 Å². The third kappa shape index (κ3) is 8.00. The van der Waals surface area contributed by atoms with Gasteiger partial charge >= 0.3 is 6.09 Å². The minimum absolute atomic E-state index is 0.00661. The number of carbonyl (C=O) groups is 3. The van der Waals surface area contributed by atoms with Gasteiger partial charge in [0.1, 0.15) is 23.1 Å². The molecule has 4 N–H and O–H groups in total. The van der Waals surface area contributed by atoms with E-state index in [0.29, 0.717) is 11.7 Å². The number of aromatic amines is 1. The molecule has 0 aliphatic carbocycles. The lowest BCUT2D eigenvalue weighted by Gasteiger charge is -2.16. The third-order valence-corrected chi connectivity index (χ3v) is 5.86. The molecule has 0 aliphatic rings. The highest BCUT2D eigenvalue weighted by atomic mass is 16.4. The number of aromatic nitrogens is 4. The molecular weight excluding hydrogens is 502 g/mol. The van der Waals surface area contributed by atoms with Crippen LogP contribution in [0.25, 0.3) is 11.0 Å². The van der Waals surface area contributed by atoms with Crippen LogP contribution >= 0.6 is 0 Å². The van der Waals surface area contributed by atoms with Crippen molar-refractivity contribution in [3.05, 3.63) is 64.1 Å². The van der Waals surface area contributed by atoms with Gasteiger partial charge in [0, 0.05) is 26.0 Å². The predicted molar refractivity (Wildman–Crippen MR) is 148 cm³/mol. The molecule has 3 amide bonds. The fourth-order valence-electron chi connectivity index (χ4n) is 4.02. The molecule has 3 aromatic rings. The van der Waals surface area contributed by atoms with Gasteiger partial charge in [-0.1, -0.05) is 19.9 Å². The summed E-state index contributed by atoms with van der Waals surface area (Å²) in [4.78, 5) is 62.9. The van der Waals surface area contributed by atoms with Crippen LogP contribution in [0.4, 0.5) is 10.5 Å². The highest BCUT2D eigenvalue weighted by Gasteiger charge is 2.21. The Balaban J connectivity index is 1.77. The first-order valence-corrected chi connectivity index (χ1v) is 12.7. The summed E-state index contributed by atoms with van der Waals surface area (Å²) in [6.07, 6.45) is 4.28. The Labute approximate surface area is 226 Å². The topological polar surface area (TPSA) is 162 Å². The Morgan fingerprint density at radius 3 is 2.64 bits per heavy atom. The Hall–Kier alpha value is -4.48. The number of anilines is 1. The first kappa shape index (κ1) is 29.1. The lowest BCUT2D eigenvalue weighted by atomic mass is 10.1. The van der Waals surface area contributed by atoms with Crippen LogP contribution in [0.1, 0.15) is 43.9 Å². The molecule has 0 saturated heterocycles. The van der Waals surface area contributed by atoms with Crippen LogP contribution in [-0.4, -0.2) is 67.6 Å². The lowest BCUT2D eigenvalue weighted by Crippen LogP contribution is -2.44. The van der Waals surface area contributed by atoms with Crippen LogP contribution in [0.5, 0.6) is 0 Å². The van der Waals surface area contributed by atoms with Crippen molar-refractivity contribution in [1.82, 2.24) is 29.7 Å². The molecule has 0 fully saturated rings. The smallest absolute Gasteiger partial charge is 0.405 e. The van der Waals surface area contributed by atoms with Crippen molar-refractivity contribution >= 4 is 34.6 Å². The maximum absolute atomic E-state index is 13.1. The summed E-state index contributed by atoms with van der Waals surface area (Å²) in [5.41, 5.74) is 2.93. The van der Waals surface area contributed by atoms with E-state index in [-0.39, 0.29) is 31.0 Å². The van der Waals surface area contributed by atoms with Crippen molar-refractivity contribution in [2.45, 2.75) is 52.6 Å². The molecule has 0 bridgehead atoms. The number of nitrogens with one attached hydrogen (secondary N) is 3. The minimum Gasteiger partial charge on any atom is -0.465 e. The number of hydrogen-bond acceptors (Lipinski definition) is 6. The van der Waals surface area contributed by atoms with Crippen molar-refractivity contribution in [2.75, 3.05) is 19.4 Å². The third-order valence-electron chi connectivity index (χ3n) is 5.86. The number of likely N-dealkylation sites (N-methyl/N-ethyl adjacent to an activating group) is 1. The van der Waals surface area contributed by atoms with Crippen LogP contribution in [0, 0.1) is 12.8 Å². The monoisotopic (exact) mass is 537 g/mol. The fraction of sp³-hybridized carbons (Fsp3) is 0.407. The minimum atomic E-state index is -1.37. The molecule has 208 valence electrons. The van der Waals surface area contributed by atoms with Gasteiger partial charge in [-0.05, 0) is 56.4 Å². The first-order valence-electron chi connectivity index (χ1n) is 12.7. The van der Waals surface area contributed by atoms with Crippen LogP contribution in [0.3, 0.4) is 0 Å². The normalized spacial score (nSPS) is 12.2. The average Bonchev–Trinajstić information content (AvgIpc) is 3.25. The molecule has 0 unspecified atom stereocenters. The Morgan fingerprint density at radius 2 is 1.97 bits per heavy atom. The van der Waals surface area contributed by atoms with Crippen molar-refractivity contribution < 1.29 is 19.5 Å². The summed E-state index contributed by atoms with van der Waals surface area (Å²) >= 11 is 0. The van der Waals surface area contributed by atoms with Gasteiger partial charge in [0.25, 0.3) is 5.56 Å². The van der Waals surface area contributed by atoms with Crippen molar-refractivity contribution in [1.29, 1.82) is 0 Å². The van der Waals surface area contributed by atoms with E-state index in [9.17, 15) is 24.3 Å². The number of allylic oxidation sites excluding steroid dienone is 1. The van der Waals surface area contributed by atoms with Gasteiger partial charge in [0.05, 0.1) is 17.8 Å². The largest absolute Gasteiger partial charge is 0.465 e. The Kier molecular flexibility index (Phi) is 9.58. The number of imidazole rings is 1. The molecule has 1 atom stereocenters. The quantitative estimate of drug-likeness (QED) is 0.273. The van der Waals surface area contributed by atoms with Crippen LogP contribution in [0.2, 0.25) is 0 Å². The number of carbonyl (C=O) groups excluding carboxylic acids is 2. The second-order valence-electron chi connectivity index (χ2n) is 9.95. The van der Waals surface area contributed by atoms with Crippen molar-refractivity contribution in [2.24, 2.45) is 5.92 Å². The maximum atomic E-state index is 13.1. The van der Waals surface area contributed by atoms with E-state index in [2.05, 4.69) is 39.4 Å². The number of H-pyrrole nitrogens is 1. The molecule has 39 heavy (non-hydrogen) atoms. The molecule has 3 aromatic heterocycles. The zero-order chi connectivity index (χ0) is 28.7. The molecule has 12 nitrogen and oxygen atoms in total. The van der Waals surface area contributed by atoms with E-state index >= 15 is 0 Å². The average molecular weight is 538 g/mol. The van der Waals surface area contributed by atoms with Gasteiger partial charge in [-0.3, -0.25) is 19.4 Å². The summed E-state index contributed by atoms with van der Waals surface area (Å²) in [7, 11) is 3.22. The van der Waals surface area contributed by atoms with Crippen LogP contribution in [-0.2, 0) is 22.6 Å². The summed E-state index contributed by atoms with van der Waals surface area (Å²) in [5.74, 6) is 0.0706. The fourth-order valence-corrected chi connectivity index (χ4v) is 4.02. The molecular formula is C27H35N7O5. The maximum Gasteiger partial charge on any atom is 0.405 e. The molecule has 0 radical (unpaired) electrons. The number of aryl methyl sites for hydroxylation is 1. The van der Waals surface area contributed by atoms with Gasteiger partial charge in [-0.2, -0.15) is 0 Å². The Bertz CT molecular complexity index is 1440. The molecule has 0 aromatic carbocycles. The van der Waals surface area contributed by atoms with Crippen molar-refractivity contribution in [3.63, 3.8) is 0 Å². The SMILES string of the molecule is Cc1cc2[nH]c(Cn3cccc(NC(=O)[C@H](CC/C=C/C(=O)N(C)C)NC(=O)O)c3=O)nc2c(CC(C)C)n1. The zero-order valence-electron chi connectivity index (χ0n) is 22.8. The van der Waals surface area contributed by atoms with E-state index < -0.39 is 23.6 Å². The molecule has 0 spiro atoms. The van der Waals surface area contributed by atoms with Gasteiger partial charge in [-0.25, -0.2) is 9.78 Å². The summed E-state index contributed by atoms with van der Waals surface area (Å²) in [6.45, 7) is 6.29. The van der Waals surface area contributed by atoms with E-state index in [0.717, 1.165) is 28.8 Å². The molecule has 3 rings (SSSR count). The van der Waals surface area contributed by atoms with Gasteiger partial charge < -0.3 is 30.2 Å². The number of carboxylic acid groups (broad SMARTS) is 1. The van der Waals surface area contributed by atoms with Crippen molar-refractivity contribution in [3.8, 4) is 0 Å². The molecule has 3 heterocycles. The van der Waals surface area contributed by atoms with Gasteiger partial charge in [-0.15, -0.1) is 0 Å². The number of hydrogen-bond donors (Lipinski definition) is 4. The Morgan fingerprint density at radius 1 is 1.23 bits per heavy atom. The molecule has 0 saturated carbocycles. The van der Waals surface area contributed by atoms with E-state index in [1.165, 1.54) is 21.6 Å². The van der Waals surface area contributed by atoms with E-state index in [1.54, 1.807) is 32.4 Å². The number of amides is 3. The molecule has 12 heteroatoms. The number of fused-ring (bicyclic) bond motifs is 1. The summed E-state index contributed by atoms with van der Waals surface area (Å²) in [5, 5.41) is 13.9. The number of pyridine rings is 2. The van der Waals surface area contributed by atoms with Gasteiger partial charge in [0.2, 0.25) is 11.8 Å². The summed E-state index contributed by atoms with van der Waals surface area (Å²) in [6, 6.07) is 3.86. The zero-order valence-corrected chi connectivity index (χ0v) is 22.8. The number of nitrogens with zero attached hydrogens (tertiary/aromatic N) is 4. The predicted octanol–water partition coefficient (Wildman–Crippen LogP) is 2.67. The summed E-state index contributed by atoms with van der Waals surface area (Å²) < 4.78 is 1.41. The second kappa shape index (κ2) is 12.9. The highest BCUT2D eigenvalue weighted by Crippen LogP contribution is 2.19. The first-order chi connectivity index (χ1) is 18.4. The number of rotatable bonds is 11. The molecule has 0 aliphatic heterocycles. The van der Waals surface area contributed by atoms with Gasteiger partial charge in [0.15, 0.2) is 0 Å². The van der Waals surface area contributed by atoms with E-state index in [1.807, 2.05) is 13.0 Å².